The first-order chi connectivity index (χ1) is 9.22. The van der Waals surface area contributed by atoms with Gasteiger partial charge in [0.2, 0.25) is 5.91 Å². The number of nitrogens with one attached hydrogen (secondary N) is 2. The summed E-state index contributed by atoms with van der Waals surface area (Å²) in [6.07, 6.45) is 7.45. The van der Waals surface area contributed by atoms with E-state index < -0.39 is 0 Å². The predicted octanol–water partition coefficient (Wildman–Crippen LogP) is 2.32. The van der Waals surface area contributed by atoms with Crippen molar-refractivity contribution in [3.8, 4) is 0 Å². The number of fused-ring (bicyclic) bond motifs is 1. The third kappa shape index (κ3) is 2.78. The minimum atomic E-state index is -0.0832. The van der Waals surface area contributed by atoms with Crippen molar-refractivity contribution in [2.24, 2.45) is 11.8 Å². The summed E-state index contributed by atoms with van der Waals surface area (Å²) in [4.78, 5) is 15.1. The van der Waals surface area contributed by atoms with Gasteiger partial charge < -0.3 is 10.6 Å². The van der Waals surface area contributed by atoms with Gasteiger partial charge >= 0.3 is 0 Å². The number of anilines is 1. The minimum Gasteiger partial charge on any atom is -0.311 e. The predicted molar refractivity (Wildman–Crippen MR) is 74.6 cm³/mol. The van der Waals surface area contributed by atoms with E-state index in [1.807, 2.05) is 18.3 Å². The van der Waals surface area contributed by atoms with Gasteiger partial charge in [0.1, 0.15) is 5.82 Å². The molecule has 2 N–H and O–H groups in total. The average Bonchev–Trinajstić information content (AvgIpc) is 2.73. The molecule has 4 nitrogen and oxygen atoms in total. The Morgan fingerprint density at radius 3 is 3.00 bits per heavy atom. The molecule has 2 fully saturated rings. The molecular weight excluding hydrogens is 238 g/mol. The van der Waals surface area contributed by atoms with Crippen LogP contribution in [0.5, 0.6) is 0 Å². The first-order valence-corrected chi connectivity index (χ1v) is 7.18. The molecule has 19 heavy (non-hydrogen) atoms. The highest BCUT2D eigenvalue weighted by Crippen LogP contribution is 2.46. The maximum Gasteiger partial charge on any atom is 0.222 e. The molecule has 2 aliphatic rings. The van der Waals surface area contributed by atoms with Crippen LogP contribution in [-0.2, 0) is 11.3 Å². The summed E-state index contributed by atoms with van der Waals surface area (Å²) in [6.45, 7) is 2.37. The molecule has 0 aromatic carbocycles. The van der Waals surface area contributed by atoms with Crippen LogP contribution in [0.2, 0.25) is 0 Å². The summed E-state index contributed by atoms with van der Waals surface area (Å²) < 4.78 is 0. The van der Waals surface area contributed by atoms with Crippen molar-refractivity contribution in [3.05, 3.63) is 23.9 Å². The highest BCUT2D eigenvalue weighted by Gasteiger charge is 2.43. The van der Waals surface area contributed by atoms with E-state index in [2.05, 4.69) is 15.6 Å². The zero-order valence-electron chi connectivity index (χ0n) is 11.4. The third-order valence-electron chi connectivity index (χ3n) is 4.49. The monoisotopic (exact) mass is 259 g/mol. The molecule has 0 aliphatic heterocycles. The fraction of sp³-hybridized carbons (Fsp3) is 0.600. The molecule has 0 spiro atoms. The van der Waals surface area contributed by atoms with Crippen molar-refractivity contribution in [3.63, 3.8) is 0 Å². The van der Waals surface area contributed by atoms with Crippen LogP contribution >= 0.6 is 0 Å². The number of hydrogen-bond donors (Lipinski definition) is 2. The Morgan fingerprint density at radius 2 is 2.32 bits per heavy atom. The van der Waals surface area contributed by atoms with Gasteiger partial charge in [0.25, 0.3) is 0 Å². The maximum absolute atomic E-state index is 10.9. The highest BCUT2D eigenvalue weighted by atomic mass is 16.1. The van der Waals surface area contributed by atoms with Crippen LogP contribution in [0.1, 0.15) is 38.2 Å². The van der Waals surface area contributed by atoms with Gasteiger partial charge in [-0.3, -0.25) is 4.79 Å². The summed E-state index contributed by atoms with van der Waals surface area (Å²) in [5.74, 6) is 2.46. The van der Waals surface area contributed by atoms with Gasteiger partial charge in [-0.1, -0.05) is 18.9 Å². The van der Waals surface area contributed by atoms with Crippen molar-refractivity contribution in [1.82, 2.24) is 10.3 Å². The molecule has 3 atom stereocenters. The second-order valence-corrected chi connectivity index (χ2v) is 5.81. The first-order valence-electron chi connectivity index (χ1n) is 7.18. The molecule has 0 radical (unpaired) electrons. The molecule has 1 aromatic rings. The van der Waals surface area contributed by atoms with E-state index in [0.717, 1.165) is 18.4 Å². The average molecular weight is 259 g/mol. The molecule has 0 saturated heterocycles. The van der Waals surface area contributed by atoms with Crippen LogP contribution in [0.4, 0.5) is 5.82 Å². The van der Waals surface area contributed by atoms with Gasteiger partial charge in [0.05, 0.1) is 0 Å². The van der Waals surface area contributed by atoms with Crippen LogP contribution in [0, 0.1) is 11.8 Å². The Morgan fingerprint density at radius 1 is 1.42 bits per heavy atom. The third-order valence-corrected chi connectivity index (χ3v) is 4.49. The Hall–Kier alpha value is -1.42. The van der Waals surface area contributed by atoms with Crippen LogP contribution in [0.25, 0.3) is 0 Å². The molecule has 2 saturated carbocycles. The van der Waals surface area contributed by atoms with Crippen molar-refractivity contribution >= 4 is 11.7 Å². The van der Waals surface area contributed by atoms with E-state index in [9.17, 15) is 4.79 Å². The van der Waals surface area contributed by atoms with E-state index in [0.29, 0.717) is 11.9 Å². The summed E-state index contributed by atoms with van der Waals surface area (Å²) >= 11 is 0. The first kappa shape index (κ1) is 12.6. The van der Waals surface area contributed by atoms with Gasteiger partial charge in [-0.15, -0.1) is 0 Å². The number of amides is 1. The zero-order valence-corrected chi connectivity index (χ0v) is 11.4. The Labute approximate surface area is 114 Å². The normalized spacial score (nSPS) is 28.6. The molecular formula is C15H21N3O. The quantitative estimate of drug-likeness (QED) is 0.872. The maximum atomic E-state index is 10.9. The fourth-order valence-corrected chi connectivity index (χ4v) is 3.46. The zero-order chi connectivity index (χ0) is 13.2. The molecule has 102 valence electrons. The van der Waals surface area contributed by atoms with Crippen molar-refractivity contribution in [2.45, 2.75) is 45.2 Å². The largest absolute Gasteiger partial charge is 0.311 e. The van der Waals surface area contributed by atoms with E-state index in [4.69, 9.17) is 0 Å². The Bertz CT molecular complexity index is 457. The number of nitrogens with zero attached hydrogens (tertiary/aromatic N) is 1. The van der Waals surface area contributed by atoms with Gasteiger partial charge in [-0.05, 0) is 36.3 Å². The number of aromatic nitrogens is 1. The molecule has 1 unspecified atom stereocenters. The molecule has 2 aliphatic carbocycles. The Kier molecular flexibility index (Phi) is 3.51. The number of rotatable bonds is 4. The number of hydrogen-bond acceptors (Lipinski definition) is 3. The van der Waals surface area contributed by atoms with E-state index in [-0.39, 0.29) is 5.91 Å². The lowest BCUT2D eigenvalue weighted by molar-refractivity contribution is -0.114. The van der Waals surface area contributed by atoms with Gasteiger partial charge in [0.15, 0.2) is 0 Å². The number of pyridine rings is 1. The molecule has 1 aromatic heterocycles. The molecule has 4 heteroatoms. The van der Waals surface area contributed by atoms with Crippen LogP contribution < -0.4 is 10.6 Å². The fourth-order valence-electron chi connectivity index (χ4n) is 3.46. The molecule has 1 amide bonds. The van der Waals surface area contributed by atoms with Crippen molar-refractivity contribution in [2.75, 3.05) is 5.32 Å². The van der Waals surface area contributed by atoms with Crippen molar-refractivity contribution in [1.29, 1.82) is 0 Å². The topological polar surface area (TPSA) is 54.0 Å². The SMILES string of the molecule is CC(=O)Nc1ccc(CNC2C[C@@H]3CCC[C@H]23)cn1. The standard InChI is InChI=1S/C15H21N3O/c1-10(19)18-15-6-5-11(9-17-15)8-16-14-7-12-3-2-4-13(12)14/h5-6,9,12-14,16H,2-4,7-8H2,1H3,(H,17,18,19)/t12-,13-,14?/m0/s1. The number of carbonyl (C=O) groups excluding carboxylic acids is 1. The summed E-state index contributed by atoms with van der Waals surface area (Å²) in [7, 11) is 0. The van der Waals surface area contributed by atoms with Gasteiger partial charge in [-0.2, -0.15) is 0 Å². The molecule has 0 bridgehead atoms. The molecule has 3 rings (SSSR count). The highest BCUT2D eigenvalue weighted by molar-refractivity contribution is 5.87. The van der Waals surface area contributed by atoms with Gasteiger partial charge in [-0.25, -0.2) is 4.98 Å². The van der Waals surface area contributed by atoms with Crippen molar-refractivity contribution < 1.29 is 4.79 Å². The lowest BCUT2D eigenvalue weighted by atomic mass is 9.71. The summed E-state index contributed by atoms with van der Waals surface area (Å²) in [5.41, 5.74) is 1.18. The summed E-state index contributed by atoms with van der Waals surface area (Å²) in [6, 6.07) is 4.59. The smallest absolute Gasteiger partial charge is 0.222 e. The Balaban J connectivity index is 1.49. The lowest BCUT2D eigenvalue weighted by Crippen LogP contribution is -2.47. The van der Waals surface area contributed by atoms with Crippen LogP contribution in [-0.4, -0.2) is 16.9 Å². The van der Waals surface area contributed by atoms with Crippen LogP contribution in [0.3, 0.4) is 0 Å². The summed E-state index contributed by atoms with van der Waals surface area (Å²) in [5, 5.41) is 6.32. The second kappa shape index (κ2) is 5.29. The van der Waals surface area contributed by atoms with E-state index in [1.165, 1.54) is 38.2 Å². The van der Waals surface area contributed by atoms with E-state index in [1.54, 1.807) is 0 Å². The number of carbonyl (C=O) groups is 1. The second-order valence-electron chi connectivity index (χ2n) is 5.81. The van der Waals surface area contributed by atoms with E-state index >= 15 is 0 Å². The van der Waals surface area contributed by atoms with Gasteiger partial charge in [0, 0.05) is 25.7 Å². The lowest BCUT2D eigenvalue weighted by Gasteiger charge is -2.41. The molecule has 1 heterocycles. The van der Waals surface area contributed by atoms with Crippen LogP contribution in [0.15, 0.2) is 18.3 Å². The minimum absolute atomic E-state index is 0.0832.